The van der Waals surface area contributed by atoms with Crippen molar-refractivity contribution in [1.29, 1.82) is 0 Å². The number of aliphatic carboxylic acids is 2. The third-order valence-corrected chi connectivity index (χ3v) is 3.34. The Hall–Kier alpha value is -2.36. The third kappa shape index (κ3) is 3.81. The second-order valence-electron chi connectivity index (χ2n) is 4.66. The maximum atomic E-state index is 11.2. The van der Waals surface area contributed by atoms with Gasteiger partial charge in [-0.05, 0) is 41.5 Å². The van der Waals surface area contributed by atoms with Gasteiger partial charge in [-0.25, -0.2) is 9.59 Å². The van der Waals surface area contributed by atoms with Gasteiger partial charge in [-0.3, -0.25) is 0 Å². The van der Waals surface area contributed by atoms with Gasteiger partial charge < -0.3 is 10.2 Å². The Morgan fingerprint density at radius 1 is 1.19 bits per heavy atom. The smallest absolute Gasteiger partial charge is 0.343 e. The summed E-state index contributed by atoms with van der Waals surface area (Å²) in [5.74, 6) is -2.81. The van der Waals surface area contributed by atoms with Crippen LogP contribution in [-0.4, -0.2) is 22.2 Å². The summed E-state index contributed by atoms with van der Waals surface area (Å²) in [6, 6.07) is 5.67. The standard InChI is InChI=1S/C17H20O4/c1-4-7-11-8-9-14(12(5-2)10-11)13(6-3)15(16(18)19)17(20)21/h4,8-10H,1,5-7H2,2-3H3,(H,18,19)(H,20,21). The lowest BCUT2D eigenvalue weighted by Crippen LogP contribution is -2.14. The zero-order valence-corrected chi connectivity index (χ0v) is 12.3. The van der Waals surface area contributed by atoms with Crippen molar-refractivity contribution < 1.29 is 19.8 Å². The number of carbonyl (C=O) groups is 2. The predicted molar refractivity (Wildman–Crippen MR) is 82.2 cm³/mol. The van der Waals surface area contributed by atoms with Gasteiger partial charge >= 0.3 is 11.9 Å². The molecule has 0 aromatic heterocycles. The van der Waals surface area contributed by atoms with Crippen molar-refractivity contribution in [1.82, 2.24) is 0 Å². The highest BCUT2D eigenvalue weighted by Crippen LogP contribution is 2.27. The number of hydrogen-bond acceptors (Lipinski definition) is 2. The topological polar surface area (TPSA) is 74.6 Å². The molecule has 112 valence electrons. The second-order valence-corrected chi connectivity index (χ2v) is 4.66. The minimum atomic E-state index is -1.41. The average Bonchev–Trinajstić information content (AvgIpc) is 2.44. The number of hydrogen-bond donors (Lipinski definition) is 2. The highest BCUT2D eigenvalue weighted by atomic mass is 16.4. The molecule has 1 aromatic rings. The number of carboxylic acids is 2. The molecule has 4 heteroatoms. The Morgan fingerprint density at radius 3 is 2.24 bits per heavy atom. The normalized spacial score (nSPS) is 10.0. The lowest BCUT2D eigenvalue weighted by Gasteiger charge is -2.14. The summed E-state index contributed by atoms with van der Waals surface area (Å²) in [5.41, 5.74) is 2.53. The zero-order valence-electron chi connectivity index (χ0n) is 12.3. The van der Waals surface area contributed by atoms with E-state index >= 15 is 0 Å². The van der Waals surface area contributed by atoms with E-state index in [0.29, 0.717) is 24.0 Å². The van der Waals surface area contributed by atoms with Crippen molar-refractivity contribution in [2.45, 2.75) is 33.1 Å². The van der Waals surface area contributed by atoms with Crippen molar-refractivity contribution in [3.63, 3.8) is 0 Å². The molecule has 0 aliphatic heterocycles. The molecule has 0 heterocycles. The fourth-order valence-electron chi connectivity index (χ4n) is 2.38. The summed E-state index contributed by atoms with van der Waals surface area (Å²) >= 11 is 0. The number of allylic oxidation sites excluding steroid dienone is 2. The highest BCUT2D eigenvalue weighted by Gasteiger charge is 2.23. The quantitative estimate of drug-likeness (QED) is 0.349. The van der Waals surface area contributed by atoms with Crippen molar-refractivity contribution >= 4 is 17.5 Å². The summed E-state index contributed by atoms with van der Waals surface area (Å²) < 4.78 is 0. The molecular weight excluding hydrogens is 268 g/mol. The van der Waals surface area contributed by atoms with Gasteiger partial charge in [-0.15, -0.1) is 6.58 Å². The van der Waals surface area contributed by atoms with Crippen LogP contribution in [0.2, 0.25) is 0 Å². The van der Waals surface area contributed by atoms with Crippen LogP contribution >= 0.6 is 0 Å². The van der Waals surface area contributed by atoms with Crippen LogP contribution in [0.5, 0.6) is 0 Å². The van der Waals surface area contributed by atoms with Crippen LogP contribution in [0.1, 0.15) is 37.0 Å². The molecule has 0 aliphatic rings. The lowest BCUT2D eigenvalue weighted by atomic mass is 9.90. The van der Waals surface area contributed by atoms with E-state index in [1.807, 2.05) is 25.1 Å². The Morgan fingerprint density at radius 2 is 1.81 bits per heavy atom. The highest BCUT2D eigenvalue weighted by molar-refractivity contribution is 6.18. The Bertz CT molecular complexity index is 581. The van der Waals surface area contributed by atoms with Gasteiger partial charge in [0.2, 0.25) is 0 Å². The minimum Gasteiger partial charge on any atom is -0.477 e. The first-order valence-electron chi connectivity index (χ1n) is 6.88. The maximum Gasteiger partial charge on any atom is 0.343 e. The fraction of sp³-hybridized carbons (Fsp3) is 0.294. The van der Waals surface area contributed by atoms with Crippen molar-refractivity contribution in [3.05, 3.63) is 53.1 Å². The first kappa shape index (κ1) is 16.7. The summed E-state index contributed by atoms with van der Waals surface area (Å²) in [5, 5.41) is 18.3. The van der Waals surface area contributed by atoms with Crippen molar-refractivity contribution in [2.24, 2.45) is 0 Å². The van der Waals surface area contributed by atoms with E-state index in [-0.39, 0.29) is 0 Å². The van der Waals surface area contributed by atoms with Gasteiger partial charge in [-0.1, -0.05) is 38.1 Å². The maximum absolute atomic E-state index is 11.2. The molecule has 1 aromatic carbocycles. The van der Waals surface area contributed by atoms with E-state index in [1.165, 1.54) is 0 Å². The molecule has 0 atom stereocenters. The first-order valence-corrected chi connectivity index (χ1v) is 6.88. The summed E-state index contributed by atoms with van der Waals surface area (Å²) in [4.78, 5) is 22.5. The fourth-order valence-corrected chi connectivity index (χ4v) is 2.38. The molecule has 0 spiro atoms. The molecule has 0 saturated heterocycles. The molecule has 4 nitrogen and oxygen atoms in total. The molecule has 0 unspecified atom stereocenters. The third-order valence-electron chi connectivity index (χ3n) is 3.34. The van der Waals surface area contributed by atoms with Crippen LogP contribution in [0, 0.1) is 0 Å². The van der Waals surface area contributed by atoms with E-state index in [0.717, 1.165) is 17.5 Å². The predicted octanol–water partition coefficient (Wildman–Crippen LogP) is 3.31. The van der Waals surface area contributed by atoms with Crippen LogP contribution in [0.3, 0.4) is 0 Å². The molecular formula is C17H20O4. The molecule has 1 rings (SSSR count). The Labute approximate surface area is 124 Å². The van der Waals surface area contributed by atoms with Crippen molar-refractivity contribution in [3.8, 4) is 0 Å². The van der Waals surface area contributed by atoms with Gasteiger partial charge in [0.1, 0.15) is 5.57 Å². The molecule has 0 aliphatic carbocycles. The monoisotopic (exact) mass is 288 g/mol. The van der Waals surface area contributed by atoms with Crippen LogP contribution in [0.4, 0.5) is 0 Å². The van der Waals surface area contributed by atoms with Crippen LogP contribution in [-0.2, 0) is 22.4 Å². The van der Waals surface area contributed by atoms with E-state index < -0.39 is 17.5 Å². The molecule has 0 fully saturated rings. The first-order chi connectivity index (χ1) is 9.96. The molecule has 0 bridgehead atoms. The van der Waals surface area contributed by atoms with Gasteiger partial charge in [0.05, 0.1) is 0 Å². The Balaban J connectivity index is 3.54. The van der Waals surface area contributed by atoms with Gasteiger partial charge in [-0.2, -0.15) is 0 Å². The number of benzene rings is 1. The number of carboxylic acid groups (broad SMARTS) is 2. The largest absolute Gasteiger partial charge is 0.477 e. The van der Waals surface area contributed by atoms with Crippen LogP contribution < -0.4 is 0 Å². The molecule has 0 amide bonds. The van der Waals surface area contributed by atoms with E-state index in [9.17, 15) is 9.59 Å². The minimum absolute atomic E-state index is 0.349. The number of aryl methyl sites for hydroxylation is 1. The van der Waals surface area contributed by atoms with E-state index in [4.69, 9.17) is 10.2 Å². The summed E-state index contributed by atoms with van der Waals surface area (Å²) in [7, 11) is 0. The van der Waals surface area contributed by atoms with Gasteiger partial charge in [0, 0.05) is 0 Å². The van der Waals surface area contributed by atoms with Gasteiger partial charge in [0.15, 0.2) is 0 Å². The average molecular weight is 288 g/mol. The summed E-state index contributed by atoms with van der Waals surface area (Å²) in [6.07, 6.45) is 3.58. The second kappa shape index (κ2) is 7.43. The van der Waals surface area contributed by atoms with Crippen LogP contribution in [0.15, 0.2) is 36.4 Å². The molecule has 21 heavy (non-hydrogen) atoms. The van der Waals surface area contributed by atoms with E-state index in [2.05, 4.69) is 6.58 Å². The van der Waals surface area contributed by atoms with E-state index in [1.54, 1.807) is 13.0 Å². The lowest BCUT2D eigenvalue weighted by molar-refractivity contribution is -0.140. The zero-order chi connectivity index (χ0) is 16.0. The van der Waals surface area contributed by atoms with Crippen LogP contribution in [0.25, 0.3) is 5.57 Å². The Kier molecular flexibility index (Phi) is 5.91. The SMILES string of the molecule is C=CCc1ccc(C(CC)=C(C(=O)O)C(=O)O)c(CC)c1. The molecule has 0 saturated carbocycles. The summed E-state index contributed by atoms with van der Waals surface area (Å²) in [6.45, 7) is 7.42. The molecule has 2 N–H and O–H groups in total. The van der Waals surface area contributed by atoms with Gasteiger partial charge in [0.25, 0.3) is 0 Å². The number of rotatable bonds is 7. The molecule has 0 radical (unpaired) electrons. The van der Waals surface area contributed by atoms with Crippen molar-refractivity contribution in [2.75, 3.05) is 0 Å².